The van der Waals surface area contributed by atoms with Crippen molar-refractivity contribution in [3.8, 4) is 0 Å². The second-order valence-electron chi connectivity index (χ2n) is 4.34. The molecule has 2 aromatic rings. The highest BCUT2D eigenvalue weighted by atomic mass is 79.9. The number of rotatable bonds is 3. The van der Waals surface area contributed by atoms with Crippen LogP contribution in [0.1, 0.15) is 20.7 Å². The molecule has 0 radical (unpaired) electrons. The number of nitrogens with one attached hydrogen (secondary N) is 2. The van der Waals surface area contributed by atoms with E-state index in [9.17, 15) is 24.1 Å². The van der Waals surface area contributed by atoms with E-state index in [0.29, 0.717) is 4.47 Å². The molecule has 0 heterocycles. The number of non-ortho nitro benzene ring substituents is 1. The first kappa shape index (κ1) is 16.6. The number of nitro groups is 1. The van der Waals surface area contributed by atoms with Gasteiger partial charge in [-0.15, -0.1) is 0 Å². The molecule has 118 valence electrons. The molecule has 23 heavy (non-hydrogen) atoms. The number of carbonyl (C=O) groups excluding carboxylic acids is 2. The monoisotopic (exact) mass is 381 g/mol. The van der Waals surface area contributed by atoms with Crippen molar-refractivity contribution < 1.29 is 18.9 Å². The summed E-state index contributed by atoms with van der Waals surface area (Å²) in [4.78, 5) is 33.7. The molecule has 0 bridgehead atoms. The lowest BCUT2D eigenvalue weighted by Gasteiger charge is -2.08. The average molecular weight is 382 g/mol. The summed E-state index contributed by atoms with van der Waals surface area (Å²) in [6.07, 6.45) is 0. The summed E-state index contributed by atoms with van der Waals surface area (Å²) in [7, 11) is 0. The third-order valence-corrected chi connectivity index (χ3v) is 3.28. The standard InChI is InChI=1S/C14H9BrFN3O4/c15-9-4-5-12(16)11(7-9)14(21)18-17-13(20)8-2-1-3-10(6-8)19(22)23/h1-7H,(H,17,20)(H,18,21). The first-order valence-corrected chi connectivity index (χ1v) is 6.98. The predicted molar refractivity (Wildman–Crippen MR) is 82.1 cm³/mol. The summed E-state index contributed by atoms with van der Waals surface area (Å²) in [5.41, 5.74) is 3.57. The summed E-state index contributed by atoms with van der Waals surface area (Å²) in [6, 6.07) is 8.74. The smallest absolute Gasteiger partial charge is 0.267 e. The number of hydrazine groups is 1. The lowest BCUT2D eigenvalue weighted by atomic mass is 10.2. The zero-order valence-electron chi connectivity index (χ0n) is 11.4. The molecule has 0 aliphatic heterocycles. The van der Waals surface area contributed by atoms with E-state index in [-0.39, 0.29) is 16.8 Å². The molecular weight excluding hydrogens is 373 g/mol. The Morgan fingerprint density at radius 3 is 2.48 bits per heavy atom. The first-order valence-electron chi connectivity index (χ1n) is 6.18. The lowest BCUT2D eigenvalue weighted by molar-refractivity contribution is -0.384. The number of hydrogen-bond donors (Lipinski definition) is 2. The Labute approximate surface area is 137 Å². The molecule has 7 nitrogen and oxygen atoms in total. The maximum atomic E-state index is 13.5. The summed E-state index contributed by atoms with van der Waals surface area (Å²) in [6.45, 7) is 0. The number of nitrogens with zero attached hydrogens (tertiary/aromatic N) is 1. The highest BCUT2D eigenvalue weighted by Gasteiger charge is 2.15. The molecule has 0 spiro atoms. The molecule has 0 aromatic heterocycles. The molecule has 0 unspecified atom stereocenters. The minimum absolute atomic E-state index is 0.0192. The molecule has 0 aliphatic rings. The number of benzene rings is 2. The fourth-order valence-electron chi connectivity index (χ4n) is 1.69. The van der Waals surface area contributed by atoms with E-state index < -0.39 is 22.6 Å². The number of carbonyl (C=O) groups is 2. The van der Waals surface area contributed by atoms with Crippen LogP contribution in [0.25, 0.3) is 0 Å². The molecule has 0 saturated carbocycles. The molecule has 0 aliphatic carbocycles. The largest absolute Gasteiger partial charge is 0.272 e. The van der Waals surface area contributed by atoms with Crippen LogP contribution in [0.5, 0.6) is 0 Å². The summed E-state index contributed by atoms with van der Waals surface area (Å²) >= 11 is 3.11. The van der Waals surface area contributed by atoms with Crippen molar-refractivity contribution in [2.75, 3.05) is 0 Å². The van der Waals surface area contributed by atoms with Gasteiger partial charge in [0, 0.05) is 22.2 Å². The molecule has 2 amide bonds. The number of halogens is 2. The Kier molecular flexibility index (Phi) is 5.02. The van der Waals surface area contributed by atoms with E-state index >= 15 is 0 Å². The minimum Gasteiger partial charge on any atom is -0.267 e. The van der Waals surface area contributed by atoms with Gasteiger partial charge in [0.15, 0.2) is 0 Å². The number of hydrogen-bond acceptors (Lipinski definition) is 4. The van der Waals surface area contributed by atoms with Crippen LogP contribution in [-0.2, 0) is 0 Å². The Balaban J connectivity index is 2.07. The second-order valence-corrected chi connectivity index (χ2v) is 5.26. The zero-order chi connectivity index (χ0) is 17.0. The van der Waals surface area contributed by atoms with Gasteiger partial charge >= 0.3 is 0 Å². The maximum absolute atomic E-state index is 13.5. The molecule has 0 saturated heterocycles. The van der Waals surface area contributed by atoms with Gasteiger partial charge in [-0.25, -0.2) is 4.39 Å². The quantitative estimate of drug-likeness (QED) is 0.629. The van der Waals surface area contributed by atoms with Crippen LogP contribution >= 0.6 is 15.9 Å². The van der Waals surface area contributed by atoms with Gasteiger partial charge in [-0.2, -0.15) is 0 Å². The van der Waals surface area contributed by atoms with E-state index in [1.54, 1.807) is 0 Å². The lowest BCUT2D eigenvalue weighted by Crippen LogP contribution is -2.42. The van der Waals surface area contributed by atoms with E-state index in [2.05, 4.69) is 21.4 Å². The SMILES string of the molecule is O=C(NNC(=O)c1cc(Br)ccc1F)c1cccc([N+](=O)[O-])c1. The minimum atomic E-state index is -0.859. The molecule has 0 fully saturated rings. The van der Waals surface area contributed by atoms with Gasteiger partial charge in [0.05, 0.1) is 10.5 Å². The third kappa shape index (κ3) is 4.10. The summed E-state index contributed by atoms with van der Waals surface area (Å²) < 4.78 is 14.0. The van der Waals surface area contributed by atoms with E-state index in [1.165, 1.54) is 30.3 Å². The van der Waals surface area contributed by atoms with E-state index in [0.717, 1.165) is 12.1 Å². The van der Waals surface area contributed by atoms with E-state index in [4.69, 9.17) is 0 Å². The number of amides is 2. The van der Waals surface area contributed by atoms with Crippen LogP contribution in [0.2, 0.25) is 0 Å². The van der Waals surface area contributed by atoms with Crippen LogP contribution in [0, 0.1) is 15.9 Å². The van der Waals surface area contributed by atoms with Crippen molar-refractivity contribution in [1.82, 2.24) is 10.9 Å². The van der Waals surface area contributed by atoms with Gasteiger partial charge in [-0.05, 0) is 24.3 Å². The van der Waals surface area contributed by atoms with E-state index in [1.807, 2.05) is 5.43 Å². The molecule has 9 heteroatoms. The Morgan fingerprint density at radius 1 is 1.09 bits per heavy atom. The van der Waals surface area contributed by atoms with Crippen LogP contribution in [0.4, 0.5) is 10.1 Å². The van der Waals surface area contributed by atoms with Gasteiger partial charge in [0.1, 0.15) is 5.82 Å². The fourth-order valence-corrected chi connectivity index (χ4v) is 2.05. The highest BCUT2D eigenvalue weighted by Crippen LogP contribution is 2.15. The first-order chi connectivity index (χ1) is 10.9. The van der Waals surface area contributed by atoms with Crippen LogP contribution in [0.15, 0.2) is 46.9 Å². The molecular formula is C14H9BrFN3O4. The van der Waals surface area contributed by atoms with Crippen molar-refractivity contribution in [2.45, 2.75) is 0 Å². The average Bonchev–Trinajstić information content (AvgIpc) is 2.54. The van der Waals surface area contributed by atoms with Crippen molar-refractivity contribution in [2.24, 2.45) is 0 Å². The van der Waals surface area contributed by atoms with Crippen molar-refractivity contribution in [1.29, 1.82) is 0 Å². The molecule has 2 N–H and O–H groups in total. The van der Waals surface area contributed by atoms with Crippen LogP contribution < -0.4 is 10.9 Å². The van der Waals surface area contributed by atoms with Gasteiger partial charge in [0.25, 0.3) is 17.5 Å². The fraction of sp³-hybridized carbons (Fsp3) is 0. The topological polar surface area (TPSA) is 101 Å². The van der Waals surface area contributed by atoms with Crippen molar-refractivity contribution >= 4 is 33.4 Å². The van der Waals surface area contributed by atoms with Gasteiger partial charge in [-0.1, -0.05) is 22.0 Å². The zero-order valence-corrected chi connectivity index (χ0v) is 13.0. The summed E-state index contributed by atoms with van der Waals surface area (Å²) in [5, 5.41) is 10.7. The molecule has 2 aromatic carbocycles. The van der Waals surface area contributed by atoms with Gasteiger partial charge in [-0.3, -0.25) is 30.6 Å². The van der Waals surface area contributed by atoms with Crippen molar-refractivity contribution in [3.05, 3.63) is 74.0 Å². The van der Waals surface area contributed by atoms with Crippen LogP contribution in [-0.4, -0.2) is 16.7 Å². The molecule has 2 rings (SSSR count). The highest BCUT2D eigenvalue weighted by molar-refractivity contribution is 9.10. The maximum Gasteiger partial charge on any atom is 0.272 e. The summed E-state index contributed by atoms with van der Waals surface area (Å²) in [5.74, 6) is -2.38. The van der Waals surface area contributed by atoms with Crippen molar-refractivity contribution in [3.63, 3.8) is 0 Å². The normalized spacial score (nSPS) is 10.0. The van der Waals surface area contributed by atoms with Gasteiger partial charge < -0.3 is 0 Å². The second kappa shape index (κ2) is 6.97. The number of nitro benzene ring substituents is 1. The van der Waals surface area contributed by atoms with Crippen LogP contribution in [0.3, 0.4) is 0 Å². The Bertz CT molecular complexity index is 797. The third-order valence-electron chi connectivity index (χ3n) is 2.78. The molecule has 0 atom stereocenters. The predicted octanol–water partition coefficient (Wildman–Crippen LogP) is 2.57. The Morgan fingerprint density at radius 2 is 1.78 bits per heavy atom. The Hall–Kier alpha value is -2.81. The van der Waals surface area contributed by atoms with Gasteiger partial charge in [0.2, 0.25) is 0 Å².